The number of fused-ring (bicyclic) bond motifs is 1. The van der Waals surface area contributed by atoms with E-state index in [0.717, 1.165) is 16.7 Å². The number of anilines is 1. The van der Waals surface area contributed by atoms with Crippen LogP contribution in [0.5, 0.6) is 0 Å². The highest BCUT2D eigenvalue weighted by Gasteiger charge is 2.30. The zero-order valence-corrected chi connectivity index (χ0v) is 16.7. The average molecular weight is 389 g/mol. The molecule has 0 aliphatic carbocycles. The number of carbonyl (C=O) groups is 1. The third-order valence-electron chi connectivity index (χ3n) is 5.13. The van der Waals surface area contributed by atoms with E-state index >= 15 is 0 Å². The lowest BCUT2D eigenvalue weighted by atomic mass is 10.0. The van der Waals surface area contributed by atoms with Gasteiger partial charge in [-0.1, -0.05) is 54.1 Å². The lowest BCUT2D eigenvalue weighted by Crippen LogP contribution is -2.24. The number of halogens is 1. The summed E-state index contributed by atoms with van der Waals surface area (Å²) in [5, 5.41) is 2.96. The fourth-order valence-corrected chi connectivity index (χ4v) is 3.65. The van der Waals surface area contributed by atoms with Gasteiger partial charge in [0.25, 0.3) is 5.91 Å². The molecule has 0 spiro atoms. The fraction of sp³-hybridized carbons (Fsp3) is 0.250. The molecule has 0 saturated carbocycles. The predicted octanol–water partition coefficient (Wildman–Crippen LogP) is 4.98. The molecule has 4 rings (SSSR count). The largest absolute Gasteiger partial charge is 0.366 e. The van der Waals surface area contributed by atoms with Crippen molar-refractivity contribution in [2.75, 3.05) is 11.9 Å². The Kier molecular flexibility index (Phi) is 5.30. The standard InChI is InChI=1S/C24H24FN3O/c1-16-4-3-5-20(12-16)19-8-6-18(7-9-19)14-28-15-21-10-11-26-23(22(21)24(28)29)27-13-17(2)25/h3-12,17H,13-15H2,1-2H3,(H,26,27). The first kappa shape index (κ1) is 19.1. The van der Waals surface area contributed by atoms with Crippen LogP contribution >= 0.6 is 0 Å². The normalized spacial score (nSPS) is 14.0. The van der Waals surface area contributed by atoms with Gasteiger partial charge in [-0.3, -0.25) is 4.79 Å². The van der Waals surface area contributed by atoms with Crippen LogP contribution in [0, 0.1) is 6.92 Å². The van der Waals surface area contributed by atoms with Crippen molar-refractivity contribution >= 4 is 11.7 Å². The number of aromatic nitrogens is 1. The maximum Gasteiger partial charge on any atom is 0.258 e. The predicted molar refractivity (Wildman–Crippen MR) is 113 cm³/mol. The summed E-state index contributed by atoms with van der Waals surface area (Å²) in [4.78, 5) is 19.0. The Morgan fingerprint density at radius 2 is 1.93 bits per heavy atom. The molecule has 1 aromatic heterocycles. The number of benzene rings is 2. The summed E-state index contributed by atoms with van der Waals surface area (Å²) in [5.74, 6) is 0.402. The lowest BCUT2D eigenvalue weighted by Gasteiger charge is -2.16. The molecule has 3 aromatic rings. The lowest BCUT2D eigenvalue weighted by molar-refractivity contribution is 0.0767. The van der Waals surface area contributed by atoms with Crippen molar-refractivity contribution in [1.29, 1.82) is 0 Å². The molecule has 4 nitrogen and oxygen atoms in total. The number of amides is 1. The van der Waals surface area contributed by atoms with Crippen LogP contribution in [0.4, 0.5) is 10.2 Å². The average Bonchev–Trinajstić information content (AvgIpc) is 3.03. The molecule has 29 heavy (non-hydrogen) atoms. The number of hydrogen-bond acceptors (Lipinski definition) is 3. The van der Waals surface area contributed by atoms with Crippen molar-refractivity contribution in [3.05, 3.63) is 83.0 Å². The molecule has 1 unspecified atom stereocenters. The van der Waals surface area contributed by atoms with E-state index in [4.69, 9.17) is 0 Å². The summed E-state index contributed by atoms with van der Waals surface area (Å²) >= 11 is 0. The van der Waals surface area contributed by atoms with E-state index in [1.165, 1.54) is 18.1 Å². The van der Waals surface area contributed by atoms with Crippen molar-refractivity contribution in [3.63, 3.8) is 0 Å². The third-order valence-corrected chi connectivity index (χ3v) is 5.13. The van der Waals surface area contributed by atoms with E-state index in [0.29, 0.717) is 24.5 Å². The van der Waals surface area contributed by atoms with Crippen LogP contribution in [0.25, 0.3) is 11.1 Å². The minimum atomic E-state index is -1.01. The number of carbonyl (C=O) groups excluding carboxylic acids is 1. The molecule has 2 heterocycles. The summed E-state index contributed by atoms with van der Waals surface area (Å²) < 4.78 is 13.2. The van der Waals surface area contributed by atoms with E-state index in [-0.39, 0.29) is 12.5 Å². The second-order valence-electron chi connectivity index (χ2n) is 7.58. The maximum atomic E-state index is 13.2. The Balaban J connectivity index is 1.49. The van der Waals surface area contributed by atoms with Gasteiger partial charge >= 0.3 is 0 Å². The van der Waals surface area contributed by atoms with Gasteiger partial charge in [0.1, 0.15) is 12.0 Å². The molecule has 0 bridgehead atoms. The highest BCUT2D eigenvalue weighted by molar-refractivity contribution is 6.02. The van der Waals surface area contributed by atoms with Crippen molar-refractivity contribution < 1.29 is 9.18 Å². The van der Waals surface area contributed by atoms with Crippen LogP contribution in [-0.2, 0) is 13.1 Å². The van der Waals surface area contributed by atoms with Crippen LogP contribution in [0.3, 0.4) is 0 Å². The molecular weight excluding hydrogens is 365 g/mol. The molecular formula is C24H24FN3O. The summed E-state index contributed by atoms with van der Waals surface area (Å²) in [7, 11) is 0. The van der Waals surface area contributed by atoms with Gasteiger partial charge in [0, 0.05) is 25.8 Å². The van der Waals surface area contributed by atoms with E-state index in [1.807, 2.05) is 6.07 Å². The van der Waals surface area contributed by atoms with Gasteiger partial charge in [-0.25, -0.2) is 9.37 Å². The molecule has 2 aromatic carbocycles. The van der Waals surface area contributed by atoms with Crippen LogP contribution in [0.15, 0.2) is 60.8 Å². The molecule has 1 amide bonds. The van der Waals surface area contributed by atoms with Gasteiger partial charge in [-0.15, -0.1) is 0 Å². The molecule has 1 aliphatic heterocycles. The number of nitrogens with one attached hydrogen (secondary N) is 1. The van der Waals surface area contributed by atoms with Crippen LogP contribution in [0.1, 0.15) is 34.0 Å². The number of hydrogen-bond donors (Lipinski definition) is 1. The van der Waals surface area contributed by atoms with Gasteiger partial charge in [0.2, 0.25) is 0 Å². The van der Waals surface area contributed by atoms with E-state index in [9.17, 15) is 9.18 Å². The van der Waals surface area contributed by atoms with Crippen molar-refractivity contribution in [2.24, 2.45) is 0 Å². The molecule has 1 atom stereocenters. The molecule has 1 aliphatic rings. The maximum absolute atomic E-state index is 13.2. The van der Waals surface area contributed by atoms with E-state index in [1.54, 1.807) is 11.1 Å². The smallest absolute Gasteiger partial charge is 0.258 e. The van der Waals surface area contributed by atoms with Gasteiger partial charge in [-0.2, -0.15) is 0 Å². The number of nitrogens with zero attached hydrogens (tertiary/aromatic N) is 2. The topological polar surface area (TPSA) is 45.2 Å². The first-order chi connectivity index (χ1) is 14.0. The first-order valence-corrected chi connectivity index (χ1v) is 9.82. The number of alkyl halides is 1. The van der Waals surface area contributed by atoms with Crippen molar-refractivity contribution in [2.45, 2.75) is 33.1 Å². The Bertz CT molecular complexity index is 1030. The quantitative estimate of drug-likeness (QED) is 0.646. The minimum absolute atomic E-state index is 0.0649. The zero-order chi connectivity index (χ0) is 20.4. The highest BCUT2D eigenvalue weighted by Crippen LogP contribution is 2.29. The van der Waals surface area contributed by atoms with Crippen molar-refractivity contribution in [3.8, 4) is 11.1 Å². The molecule has 0 radical (unpaired) electrons. The molecule has 0 fully saturated rings. The number of pyridine rings is 1. The summed E-state index contributed by atoms with van der Waals surface area (Å²) in [6, 6.07) is 18.6. The van der Waals surface area contributed by atoms with Crippen LogP contribution in [-0.4, -0.2) is 28.5 Å². The summed E-state index contributed by atoms with van der Waals surface area (Å²) in [6.07, 6.45) is 0.657. The van der Waals surface area contributed by atoms with Crippen LogP contribution in [0.2, 0.25) is 0 Å². The molecule has 5 heteroatoms. The van der Waals surface area contributed by atoms with Gasteiger partial charge < -0.3 is 10.2 Å². The molecule has 0 saturated heterocycles. The minimum Gasteiger partial charge on any atom is -0.366 e. The highest BCUT2D eigenvalue weighted by atomic mass is 19.1. The van der Waals surface area contributed by atoms with Gasteiger partial charge in [-0.05, 0) is 42.2 Å². The second kappa shape index (κ2) is 8.03. The summed E-state index contributed by atoms with van der Waals surface area (Å²) in [5.41, 5.74) is 6.13. The Hall–Kier alpha value is -3.21. The van der Waals surface area contributed by atoms with Gasteiger partial charge in [0.15, 0.2) is 0 Å². The van der Waals surface area contributed by atoms with Crippen molar-refractivity contribution in [1.82, 2.24) is 9.88 Å². The Morgan fingerprint density at radius 1 is 1.14 bits per heavy atom. The van der Waals surface area contributed by atoms with Crippen LogP contribution < -0.4 is 5.32 Å². The van der Waals surface area contributed by atoms with Gasteiger partial charge in [0.05, 0.1) is 5.56 Å². The van der Waals surface area contributed by atoms with E-state index in [2.05, 4.69) is 65.8 Å². The Morgan fingerprint density at radius 3 is 2.66 bits per heavy atom. The number of rotatable bonds is 6. The van der Waals surface area contributed by atoms with E-state index < -0.39 is 6.17 Å². The SMILES string of the molecule is Cc1cccc(-c2ccc(CN3Cc4ccnc(NCC(C)F)c4C3=O)cc2)c1. The summed E-state index contributed by atoms with van der Waals surface area (Å²) in [6.45, 7) is 4.76. The fourth-order valence-electron chi connectivity index (χ4n) is 3.65. The number of aryl methyl sites for hydroxylation is 1. The first-order valence-electron chi connectivity index (χ1n) is 9.82. The molecule has 148 valence electrons. The second-order valence-corrected chi connectivity index (χ2v) is 7.58. The third kappa shape index (κ3) is 4.14. The zero-order valence-electron chi connectivity index (χ0n) is 16.7. The Labute approximate surface area is 170 Å². The molecule has 1 N–H and O–H groups in total. The monoisotopic (exact) mass is 389 g/mol.